The molecule has 0 radical (unpaired) electrons. The third-order valence-electron chi connectivity index (χ3n) is 5.70. The van der Waals surface area contributed by atoms with Gasteiger partial charge in [-0.3, -0.25) is 9.69 Å². The summed E-state index contributed by atoms with van der Waals surface area (Å²) in [6.45, 7) is 9.78. The van der Waals surface area contributed by atoms with Crippen molar-refractivity contribution in [2.24, 2.45) is 0 Å². The Balaban J connectivity index is 1.75. The molecule has 1 unspecified atom stereocenters. The number of rotatable bonds is 5. The van der Waals surface area contributed by atoms with Crippen LogP contribution >= 0.6 is 11.3 Å². The summed E-state index contributed by atoms with van der Waals surface area (Å²) in [6, 6.07) is 12.2. The van der Waals surface area contributed by atoms with E-state index < -0.39 is 0 Å². The average molecular weight is 409 g/mol. The lowest BCUT2D eigenvalue weighted by molar-refractivity contribution is 0.0917. The molecule has 4 rings (SSSR count). The standard InChI is InChI=1S/C24H28N2O2S/c1-15(2)20-8-5-9-21-22(20)25-24(29-21)26(14-19-7-6-12-28-19)23(27)18-11-10-16(3)17(4)13-18/h5,8-11,13,15,19H,6-7,12,14H2,1-4H3. The second-order valence-electron chi connectivity index (χ2n) is 8.19. The van der Waals surface area contributed by atoms with Gasteiger partial charge in [0.25, 0.3) is 5.91 Å². The van der Waals surface area contributed by atoms with Crippen LogP contribution in [0.15, 0.2) is 36.4 Å². The van der Waals surface area contributed by atoms with Crippen LogP contribution in [0.25, 0.3) is 10.2 Å². The zero-order valence-electron chi connectivity index (χ0n) is 17.6. The van der Waals surface area contributed by atoms with Crippen molar-refractivity contribution in [3.05, 3.63) is 58.7 Å². The van der Waals surface area contributed by atoms with Gasteiger partial charge in [-0.25, -0.2) is 4.98 Å². The Labute approximate surface area is 176 Å². The van der Waals surface area contributed by atoms with Crippen molar-refractivity contribution in [2.75, 3.05) is 18.1 Å². The molecule has 0 bridgehead atoms. The van der Waals surface area contributed by atoms with Gasteiger partial charge in [-0.15, -0.1) is 0 Å². The molecule has 0 aliphatic carbocycles. The topological polar surface area (TPSA) is 42.4 Å². The highest BCUT2D eigenvalue weighted by molar-refractivity contribution is 7.22. The normalized spacial score (nSPS) is 16.7. The Morgan fingerprint density at radius 3 is 2.76 bits per heavy atom. The third kappa shape index (κ3) is 4.07. The molecule has 1 atom stereocenters. The maximum Gasteiger partial charge on any atom is 0.260 e. The highest BCUT2D eigenvalue weighted by Crippen LogP contribution is 2.34. The number of hydrogen-bond donors (Lipinski definition) is 0. The molecule has 1 amide bonds. The number of carbonyl (C=O) groups is 1. The van der Waals surface area contributed by atoms with Gasteiger partial charge < -0.3 is 4.74 Å². The Morgan fingerprint density at radius 1 is 1.24 bits per heavy atom. The van der Waals surface area contributed by atoms with Gasteiger partial charge in [-0.05, 0) is 67.5 Å². The monoisotopic (exact) mass is 408 g/mol. The second-order valence-corrected chi connectivity index (χ2v) is 9.20. The summed E-state index contributed by atoms with van der Waals surface area (Å²) < 4.78 is 6.97. The zero-order valence-corrected chi connectivity index (χ0v) is 18.4. The summed E-state index contributed by atoms with van der Waals surface area (Å²) in [4.78, 5) is 20.3. The minimum absolute atomic E-state index is 0.00578. The first-order valence-corrected chi connectivity index (χ1v) is 11.2. The molecule has 1 aliphatic rings. The van der Waals surface area contributed by atoms with E-state index in [0.717, 1.165) is 40.4 Å². The molecule has 29 heavy (non-hydrogen) atoms. The summed E-state index contributed by atoms with van der Waals surface area (Å²) in [5.41, 5.74) is 5.25. The highest BCUT2D eigenvalue weighted by atomic mass is 32.1. The Kier molecular flexibility index (Phi) is 5.70. The van der Waals surface area contributed by atoms with Crippen molar-refractivity contribution in [2.45, 2.75) is 52.6 Å². The Hall–Kier alpha value is -2.24. The molecule has 1 aromatic heterocycles. The number of anilines is 1. The molecule has 4 nitrogen and oxygen atoms in total. The number of nitrogens with zero attached hydrogens (tertiary/aromatic N) is 2. The van der Waals surface area contributed by atoms with Crippen molar-refractivity contribution < 1.29 is 9.53 Å². The number of thiazole rings is 1. The summed E-state index contributed by atoms with van der Waals surface area (Å²) >= 11 is 1.59. The van der Waals surface area contributed by atoms with Crippen LogP contribution in [0.5, 0.6) is 0 Å². The fourth-order valence-electron chi connectivity index (χ4n) is 3.81. The van der Waals surface area contributed by atoms with Crippen molar-refractivity contribution in [3.63, 3.8) is 0 Å². The molecule has 5 heteroatoms. The van der Waals surface area contributed by atoms with Gasteiger partial charge in [0.15, 0.2) is 5.13 Å². The maximum absolute atomic E-state index is 13.5. The van der Waals surface area contributed by atoms with Gasteiger partial charge in [0.1, 0.15) is 0 Å². The molecular weight excluding hydrogens is 380 g/mol. The van der Waals surface area contributed by atoms with Crippen molar-refractivity contribution in [1.82, 2.24) is 4.98 Å². The molecule has 1 saturated heterocycles. The number of aryl methyl sites for hydroxylation is 2. The Morgan fingerprint density at radius 2 is 2.07 bits per heavy atom. The molecule has 2 aromatic carbocycles. The van der Waals surface area contributed by atoms with Crippen LogP contribution < -0.4 is 4.90 Å². The number of ether oxygens (including phenoxy) is 1. The predicted octanol–water partition coefficient (Wildman–Crippen LogP) is 5.86. The lowest BCUT2D eigenvalue weighted by Gasteiger charge is -2.23. The summed E-state index contributed by atoms with van der Waals surface area (Å²) in [5.74, 6) is 0.379. The first kappa shape index (κ1) is 20.0. The molecule has 152 valence electrons. The molecule has 1 fully saturated rings. The van der Waals surface area contributed by atoms with Crippen molar-refractivity contribution in [1.29, 1.82) is 0 Å². The van der Waals surface area contributed by atoms with E-state index in [0.29, 0.717) is 18.0 Å². The molecule has 0 N–H and O–H groups in total. The predicted molar refractivity (Wildman–Crippen MR) is 120 cm³/mol. The van der Waals surface area contributed by atoms with Gasteiger partial charge in [0.05, 0.1) is 22.9 Å². The smallest absolute Gasteiger partial charge is 0.260 e. The van der Waals surface area contributed by atoms with Crippen LogP contribution in [0.1, 0.15) is 59.7 Å². The SMILES string of the molecule is Cc1ccc(C(=O)N(CC2CCCO2)c2nc3c(C(C)C)cccc3s2)cc1C. The number of benzene rings is 2. The number of fused-ring (bicyclic) bond motifs is 1. The van der Waals surface area contributed by atoms with Gasteiger partial charge in [0, 0.05) is 12.2 Å². The van der Waals surface area contributed by atoms with E-state index in [1.54, 1.807) is 11.3 Å². The van der Waals surface area contributed by atoms with E-state index in [-0.39, 0.29) is 12.0 Å². The Bertz CT molecular complexity index is 1030. The van der Waals surface area contributed by atoms with Crippen LogP contribution in [0.2, 0.25) is 0 Å². The molecule has 2 heterocycles. The van der Waals surface area contributed by atoms with Crippen molar-refractivity contribution in [3.8, 4) is 0 Å². The van der Waals surface area contributed by atoms with Gasteiger partial charge in [-0.1, -0.05) is 43.4 Å². The highest BCUT2D eigenvalue weighted by Gasteiger charge is 2.27. The lowest BCUT2D eigenvalue weighted by atomic mass is 10.0. The maximum atomic E-state index is 13.5. The lowest BCUT2D eigenvalue weighted by Crippen LogP contribution is -2.37. The number of hydrogen-bond acceptors (Lipinski definition) is 4. The van der Waals surface area contributed by atoms with Crippen molar-refractivity contribution >= 4 is 32.6 Å². The van der Waals surface area contributed by atoms with E-state index >= 15 is 0 Å². The van der Waals surface area contributed by atoms with E-state index in [1.807, 2.05) is 30.0 Å². The fraction of sp³-hybridized carbons (Fsp3) is 0.417. The van der Waals surface area contributed by atoms with E-state index in [9.17, 15) is 4.79 Å². The summed E-state index contributed by atoms with van der Waals surface area (Å²) in [6.07, 6.45) is 2.11. The molecular formula is C24H28N2O2S. The molecule has 1 aliphatic heterocycles. The fourth-order valence-corrected chi connectivity index (χ4v) is 4.82. The summed E-state index contributed by atoms with van der Waals surface area (Å²) in [7, 11) is 0. The minimum Gasteiger partial charge on any atom is -0.376 e. The van der Waals surface area contributed by atoms with Crippen LogP contribution in [0.3, 0.4) is 0 Å². The third-order valence-corrected chi connectivity index (χ3v) is 6.74. The first-order chi connectivity index (χ1) is 13.9. The quantitative estimate of drug-likeness (QED) is 0.531. The minimum atomic E-state index is -0.00578. The molecule has 0 spiro atoms. The van der Waals surface area contributed by atoms with Crippen LogP contribution in [-0.4, -0.2) is 30.1 Å². The van der Waals surface area contributed by atoms with Crippen LogP contribution in [0.4, 0.5) is 5.13 Å². The van der Waals surface area contributed by atoms with Crippen LogP contribution in [0, 0.1) is 13.8 Å². The molecule has 0 saturated carbocycles. The number of para-hydroxylation sites is 1. The van der Waals surface area contributed by atoms with Gasteiger partial charge >= 0.3 is 0 Å². The number of carbonyl (C=O) groups excluding carboxylic acids is 1. The second kappa shape index (κ2) is 8.25. The van der Waals surface area contributed by atoms with Crippen LogP contribution in [-0.2, 0) is 4.74 Å². The van der Waals surface area contributed by atoms with E-state index in [1.165, 1.54) is 11.1 Å². The zero-order chi connectivity index (χ0) is 20.5. The largest absolute Gasteiger partial charge is 0.376 e. The van der Waals surface area contributed by atoms with E-state index in [2.05, 4.69) is 39.0 Å². The number of aromatic nitrogens is 1. The van der Waals surface area contributed by atoms with Gasteiger partial charge in [-0.2, -0.15) is 0 Å². The molecule has 3 aromatic rings. The number of amides is 1. The van der Waals surface area contributed by atoms with Gasteiger partial charge in [0.2, 0.25) is 0 Å². The van der Waals surface area contributed by atoms with E-state index in [4.69, 9.17) is 9.72 Å². The average Bonchev–Trinajstić information content (AvgIpc) is 3.36. The first-order valence-electron chi connectivity index (χ1n) is 10.3. The summed E-state index contributed by atoms with van der Waals surface area (Å²) in [5, 5.41) is 0.756.